The van der Waals surface area contributed by atoms with Gasteiger partial charge in [0.25, 0.3) is 0 Å². The van der Waals surface area contributed by atoms with Crippen LogP contribution >= 0.6 is 0 Å². The maximum atomic E-state index is 4.06. The van der Waals surface area contributed by atoms with Crippen molar-refractivity contribution in [2.24, 2.45) is 0 Å². The van der Waals surface area contributed by atoms with Gasteiger partial charge < -0.3 is 4.43 Å². The molecule has 0 amide bonds. The van der Waals surface area contributed by atoms with Gasteiger partial charge in [0, 0.05) is 105 Å². The first kappa shape index (κ1) is 22.7. The van der Waals surface area contributed by atoms with Crippen LogP contribution in [0.2, 0.25) is 0 Å². The summed E-state index contributed by atoms with van der Waals surface area (Å²) in [5, 5.41) is 0. The van der Waals surface area contributed by atoms with E-state index in [1.165, 1.54) is 7.11 Å². The molecule has 0 aromatic heterocycles. The zero-order chi connectivity index (χ0) is 2.71. The average molecular weight is 326 g/mol. The molecule has 0 aliphatic heterocycles. The van der Waals surface area contributed by atoms with Crippen LogP contribution in [0.5, 0.6) is 0 Å². The molecule has 0 aliphatic carbocycles. The van der Waals surface area contributed by atoms with E-state index in [0.29, 0.717) is 0 Å². The standard InChI is InChI=1S/CH3OSi.3Y/c1-2-3;;;/h1H3;;;. The van der Waals surface area contributed by atoms with Crippen molar-refractivity contribution in [1.82, 2.24) is 0 Å². The fourth-order valence-corrected chi connectivity index (χ4v) is 0. The molecule has 0 spiro atoms. The van der Waals surface area contributed by atoms with Crippen molar-refractivity contribution in [2.75, 3.05) is 7.11 Å². The quantitative estimate of drug-likeness (QED) is 0.556. The molecule has 0 aromatic rings. The monoisotopic (exact) mass is 326 g/mol. The van der Waals surface area contributed by atoms with E-state index in [4.69, 9.17) is 0 Å². The normalized spacial score (nSPS) is 3.00. The molecule has 0 fully saturated rings. The molecule has 6 heavy (non-hydrogen) atoms. The van der Waals surface area contributed by atoms with Crippen LogP contribution in [0.1, 0.15) is 0 Å². The van der Waals surface area contributed by atoms with Crippen LogP contribution in [0.3, 0.4) is 0 Å². The van der Waals surface area contributed by atoms with Gasteiger partial charge in [-0.1, -0.05) is 0 Å². The Morgan fingerprint density at radius 3 is 1.17 bits per heavy atom. The van der Waals surface area contributed by atoms with Gasteiger partial charge >= 0.3 is 0 Å². The molecule has 0 aliphatic rings. The second-order valence-electron chi connectivity index (χ2n) is 0.204. The number of rotatable bonds is 0. The van der Waals surface area contributed by atoms with Gasteiger partial charge in [-0.15, -0.1) is 0 Å². The van der Waals surface area contributed by atoms with Gasteiger partial charge in [-0.3, -0.25) is 0 Å². The zero-order valence-electron chi connectivity index (χ0n) is 3.64. The molecule has 0 N–H and O–H groups in total. The Balaban J connectivity index is -0.00000000667. The molecule has 0 saturated heterocycles. The van der Waals surface area contributed by atoms with E-state index in [9.17, 15) is 0 Å². The summed E-state index contributed by atoms with van der Waals surface area (Å²) in [5.74, 6) is 0. The average Bonchev–Trinajstić information content (AvgIpc) is 0.918. The first-order chi connectivity index (χ1) is 1.41. The van der Waals surface area contributed by atoms with Crippen LogP contribution < -0.4 is 0 Å². The molecule has 0 saturated carbocycles. The maximum Gasteiger partial charge on any atom is 0.245 e. The molecule has 1 nitrogen and oxygen atoms in total. The number of hydrogen-bond donors (Lipinski definition) is 0. The second kappa shape index (κ2) is 23.6. The summed E-state index contributed by atoms with van der Waals surface area (Å²) in [7, 11) is 4.22. The molecule has 0 bridgehead atoms. The van der Waals surface area contributed by atoms with Crippen LogP contribution in [-0.4, -0.2) is 17.6 Å². The molecule has 26 valence electrons. The van der Waals surface area contributed by atoms with Gasteiger partial charge in [-0.05, 0) is 0 Å². The summed E-state index contributed by atoms with van der Waals surface area (Å²) in [5.41, 5.74) is 0. The van der Waals surface area contributed by atoms with E-state index in [1.807, 2.05) is 0 Å². The summed E-state index contributed by atoms with van der Waals surface area (Å²) < 4.78 is 4.06. The maximum absolute atomic E-state index is 4.06. The summed E-state index contributed by atoms with van der Waals surface area (Å²) in [4.78, 5) is 0. The van der Waals surface area contributed by atoms with Gasteiger partial charge in [-0.25, -0.2) is 0 Å². The van der Waals surface area contributed by atoms with Gasteiger partial charge in [-0.2, -0.15) is 0 Å². The summed E-state index contributed by atoms with van der Waals surface area (Å²) in [6.07, 6.45) is 0. The molecular formula is CH3OSiY3. The van der Waals surface area contributed by atoms with Crippen LogP contribution in [0.15, 0.2) is 0 Å². The van der Waals surface area contributed by atoms with Crippen LogP contribution in [-0.2, 0) is 103 Å². The first-order valence-electron chi connectivity index (χ1n) is 0.612. The zero-order valence-corrected chi connectivity index (χ0v) is 13.2. The van der Waals surface area contributed by atoms with Crippen LogP contribution in [0, 0.1) is 0 Å². The molecule has 0 heterocycles. The Morgan fingerprint density at radius 2 is 1.17 bits per heavy atom. The Morgan fingerprint density at radius 1 is 1.17 bits per heavy atom. The van der Waals surface area contributed by atoms with Crippen molar-refractivity contribution in [3.8, 4) is 0 Å². The van der Waals surface area contributed by atoms with E-state index < -0.39 is 0 Å². The van der Waals surface area contributed by atoms with E-state index in [0.717, 1.165) is 0 Å². The molecule has 0 atom stereocenters. The summed E-state index contributed by atoms with van der Waals surface area (Å²) >= 11 is 0. The van der Waals surface area contributed by atoms with Crippen LogP contribution in [0.25, 0.3) is 0 Å². The molecule has 0 aromatic carbocycles. The predicted octanol–water partition coefficient (Wildman–Crippen LogP) is -0.291. The minimum atomic E-state index is 0. The third kappa shape index (κ3) is 25.9. The second-order valence-corrected chi connectivity index (χ2v) is 0.612. The van der Waals surface area contributed by atoms with E-state index >= 15 is 0 Å². The smallest absolute Gasteiger partial charge is 0.245 e. The Kier molecular flexibility index (Phi) is 89.4. The third-order valence-corrected chi connectivity index (χ3v) is 0. The Labute approximate surface area is 117 Å². The van der Waals surface area contributed by atoms with E-state index in [1.54, 1.807) is 0 Å². The fourth-order valence-electron chi connectivity index (χ4n) is 0. The van der Waals surface area contributed by atoms with Crippen molar-refractivity contribution in [3.05, 3.63) is 0 Å². The van der Waals surface area contributed by atoms with Gasteiger partial charge in [0.15, 0.2) is 0 Å². The molecular weight excluding hydrogens is 323 g/mol. The number of hydrogen-bond acceptors (Lipinski definition) is 1. The van der Waals surface area contributed by atoms with Gasteiger partial charge in [0.2, 0.25) is 10.5 Å². The minimum Gasteiger partial charge on any atom is -0.422 e. The Bertz CT molecular complexity index is 10.8. The molecule has 6 radical (unpaired) electrons. The van der Waals surface area contributed by atoms with Crippen molar-refractivity contribution in [2.45, 2.75) is 0 Å². The Hall–Kier alpha value is 3.49. The summed E-state index contributed by atoms with van der Waals surface area (Å²) in [6.45, 7) is 0. The van der Waals surface area contributed by atoms with Crippen molar-refractivity contribution in [1.29, 1.82) is 0 Å². The largest absolute Gasteiger partial charge is 0.422 e. The van der Waals surface area contributed by atoms with Gasteiger partial charge in [0.05, 0.1) is 0 Å². The third-order valence-electron chi connectivity index (χ3n) is 0. The van der Waals surface area contributed by atoms with Crippen molar-refractivity contribution < 1.29 is 103 Å². The first-order valence-corrected chi connectivity index (χ1v) is 1.02. The topological polar surface area (TPSA) is 9.23 Å². The minimum absolute atomic E-state index is 0. The van der Waals surface area contributed by atoms with Crippen LogP contribution in [0.4, 0.5) is 0 Å². The van der Waals surface area contributed by atoms with Crippen molar-refractivity contribution >= 4 is 10.5 Å². The van der Waals surface area contributed by atoms with Gasteiger partial charge in [0.1, 0.15) is 0 Å². The molecule has 0 unspecified atom stereocenters. The SMILES string of the molecule is CO[Si].[Y].[Y].[Y]. The van der Waals surface area contributed by atoms with E-state index in [-0.39, 0.29) is 98.1 Å². The fraction of sp³-hybridized carbons (Fsp3) is 1.00. The summed E-state index contributed by atoms with van der Waals surface area (Å²) in [6, 6.07) is 0. The molecule has 5 heteroatoms. The van der Waals surface area contributed by atoms with Crippen molar-refractivity contribution in [3.63, 3.8) is 0 Å². The molecule has 0 rings (SSSR count). The predicted molar refractivity (Wildman–Crippen MR) is 12.8 cm³/mol. The van der Waals surface area contributed by atoms with E-state index in [2.05, 4.69) is 14.9 Å².